The highest BCUT2D eigenvalue weighted by molar-refractivity contribution is 6.34. The van der Waals surface area contributed by atoms with Crippen molar-refractivity contribution in [3.05, 3.63) is 63.1 Å². The molecule has 0 aliphatic carbocycles. The van der Waals surface area contributed by atoms with Crippen LogP contribution in [0, 0.1) is 12.8 Å². The molecule has 2 atom stereocenters. The van der Waals surface area contributed by atoms with Crippen LogP contribution in [0.2, 0.25) is 10.0 Å². The first kappa shape index (κ1) is 28.6. The number of nitrogens with zero attached hydrogens (tertiary/aromatic N) is 2. The third-order valence-electron chi connectivity index (χ3n) is 6.98. The molecule has 2 heterocycles. The largest absolute Gasteiger partial charge is 0.400 e. The topological polar surface area (TPSA) is 49.9 Å². The molecule has 0 N–H and O–H groups in total. The lowest BCUT2D eigenvalue weighted by Gasteiger charge is -2.33. The second kappa shape index (κ2) is 10.3. The number of Topliss-reactive ketones (excluding diaryl/α,β-unsaturated/α-hetero) is 1. The van der Waals surface area contributed by atoms with Crippen molar-refractivity contribution in [3.8, 4) is 0 Å². The van der Waals surface area contributed by atoms with Gasteiger partial charge < -0.3 is 4.90 Å². The summed E-state index contributed by atoms with van der Waals surface area (Å²) in [5.74, 6) is -5.10. The van der Waals surface area contributed by atoms with Crippen LogP contribution in [-0.4, -0.2) is 55.1 Å². The Hall–Kier alpha value is -2.43. The Morgan fingerprint density at radius 3 is 2.34 bits per heavy atom. The molecular formula is C26H25Cl2F5N2O3. The second-order valence-electron chi connectivity index (χ2n) is 9.97. The van der Waals surface area contributed by atoms with Gasteiger partial charge in [-0.1, -0.05) is 23.2 Å². The fraction of sp³-hybridized carbons (Fsp3) is 0.462. The van der Waals surface area contributed by atoms with Crippen LogP contribution in [0.4, 0.5) is 27.6 Å². The van der Waals surface area contributed by atoms with E-state index in [4.69, 9.17) is 28.0 Å². The van der Waals surface area contributed by atoms with Gasteiger partial charge in [-0.05, 0) is 60.9 Å². The molecule has 0 saturated carbocycles. The lowest BCUT2D eigenvalue weighted by Crippen LogP contribution is -2.44. The lowest BCUT2D eigenvalue weighted by atomic mass is 9.79. The van der Waals surface area contributed by atoms with E-state index in [0.717, 1.165) is 0 Å². The Morgan fingerprint density at radius 1 is 1.11 bits per heavy atom. The zero-order valence-electron chi connectivity index (χ0n) is 20.5. The van der Waals surface area contributed by atoms with Crippen molar-refractivity contribution in [1.29, 1.82) is 0 Å². The summed E-state index contributed by atoms with van der Waals surface area (Å²) < 4.78 is 69.7. The maximum atomic E-state index is 14.4. The number of carbonyl (C=O) groups is 2. The van der Waals surface area contributed by atoms with Crippen molar-refractivity contribution in [1.82, 2.24) is 5.06 Å². The van der Waals surface area contributed by atoms with Crippen LogP contribution in [0.15, 0.2) is 36.4 Å². The molecule has 2 aromatic carbocycles. The number of rotatable bonds is 7. The second-order valence-corrected chi connectivity index (χ2v) is 10.8. The highest BCUT2D eigenvalue weighted by atomic mass is 35.5. The summed E-state index contributed by atoms with van der Waals surface area (Å²) in [6, 6.07) is 8.65. The molecule has 2 aliphatic heterocycles. The van der Waals surface area contributed by atoms with Crippen LogP contribution in [0.1, 0.15) is 41.3 Å². The monoisotopic (exact) mass is 578 g/mol. The number of benzene rings is 2. The molecule has 5 nitrogen and oxygen atoms in total. The molecule has 4 rings (SSSR count). The summed E-state index contributed by atoms with van der Waals surface area (Å²) in [6.07, 6.45) is -5.00. The number of carbonyl (C=O) groups excluding carboxylic acids is 2. The van der Waals surface area contributed by atoms with Gasteiger partial charge in [0.05, 0.1) is 12.5 Å². The minimum atomic E-state index is -4.56. The van der Waals surface area contributed by atoms with Crippen molar-refractivity contribution in [2.24, 2.45) is 5.92 Å². The molecule has 0 aromatic heterocycles. The third-order valence-corrected chi connectivity index (χ3v) is 7.42. The van der Waals surface area contributed by atoms with Crippen LogP contribution in [0.25, 0.3) is 0 Å². The lowest BCUT2D eigenvalue weighted by molar-refractivity contribution is -0.184. The van der Waals surface area contributed by atoms with Gasteiger partial charge in [0.15, 0.2) is 5.78 Å². The maximum Gasteiger partial charge on any atom is 0.400 e. The molecule has 12 heteroatoms. The highest BCUT2D eigenvalue weighted by Crippen LogP contribution is 2.49. The van der Waals surface area contributed by atoms with E-state index in [1.165, 1.54) is 24.3 Å². The van der Waals surface area contributed by atoms with Crippen LogP contribution in [-0.2, 0) is 15.0 Å². The van der Waals surface area contributed by atoms with Crippen LogP contribution in [0.5, 0.6) is 0 Å². The maximum absolute atomic E-state index is 14.4. The molecule has 2 fully saturated rings. The number of hydrogen-bond donors (Lipinski definition) is 0. The van der Waals surface area contributed by atoms with Gasteiger partial charge in [-0.3, -0.25) is 14.4 Å². The van der Waals surface area contributed by atoms with Crippen molar-refractivity contribution < 1.29 is 36.4 Å². The molecule has 1 unspecified atom stereocenters. The normalized spacial score (nSPS) is 22.4. The Balaban J connectivity index is 1.50. The summed E-state index contributed by atoms with van der Waals surface area (Å²) in [5, 5.41) is 0.818. The Labute approximate surface area is 226 Å². The smallest absolute Gasteiger partial charge is 0.370 e. The van der Waals surface area contributed by atoms with Crippen molar-refractivity contribution in [2.75, 3.05) is 31.1 Å². The van der Waals surface area contributed by atoms with Gasteiger partial charge in [0, 0.05) is 47.7 Å². The van der Waals surface area contributed by atoms with E-state index in [9.17, 15) is 31.5 Å². The van der Waals surface area contributed by atoms with E-state index in [0.29, 0.717) is 28.8 Å². The molecular weight excluding hydrogens is 554 g/mol. The SMILES string of the molecule is Cc1cc(N2CCC(c3cc(Cl)cc(Cl)c3)(C(F)(F)F)C2)ccc1C(=O)C[C@@H]1CON(CC(C)(F)F)C1=O. The van der Waals surface area contributed by atoms with E-state index < -0.39 is 35.9 Å². The summed E-state index contributed by atoms with van der Waals surface area (Å²) in [4.78, 5) is 31.9. The van der Waals surface area contributed by atoms with Crippen molar-refractivity contribution >= 4 is 40.6 Å². The summed E-state index contributed by atoms with van der Waals surface area (Å²) in [6.45, 7) is 0.987. The molecule has 206 valence electrons. The molecule has 38 heavy (non-hydrogen) atoms. The number of hydrogen-bond acceptors (Lipinski definition) is 4. The van der Waals surface area contributed by atoms with E-state index in [2.05, 4.69) is 0 Å². The minimum absolute atomic E-state index is 0.00755. The standard InChI is InChI=1S/C26H25Cl2F5N2O3/c1-15-7-20(3-4-21(15)22(36)8-16-12-38-35(23(16)37)13-24(2,29)30)34-6-5-25(14-34,26(31,32)33)17-9-18(27)11-19(28)10-17/h3-4,7,9-11,16H,5-6,8,12-14H2,1-2H3/t16-,25?/m1/s1. The molecule has 1 amide bonds. The fourth-order valence-electron chi connectivity index (χ4n) is 5.02. The van der Waals surface area contributed by atoms with E-state index in [1.807, 2.05) is 0 Å². The first-order valence-corrected chi connectivity index (χ1v) is 12.6. The van der Waals surface area contributed by atoms with Crippen molar-refractivity contribution in [2.45, 2.75) is 44.2 Å². The Bertz CT molecular complexity index is 1230. The average molecular weight is 579 g/mol. The van der Waals surface area contributed by atoms with Crippen LogP contribution in [0.3, 0.4) is 0 Å². The Morgan fingerprint density at radius 2 is 1.76 bits per heavy atom. The zero-order valence-corrected chi connectivity index (χ0v) is 22.1. The zero-order chi connectivity index (χ0) is 28.0. The number of ketones is 1. The number of anilines is 1. The fourth-order valence-corrected chi connectivity index (χ4v) is 5.55. The summed E-state index contributed by atoms with van der Waals surface area (Å²) >= 11 is 12.0. The van der Waals surface area contributed by atoms with Gasteiger partial charge in [0.25, 0.3) is 11.8 Å². The van der Waals surface area contributed by atoms with Crippen molar-refractivity contribution in [3.63, 3.8) is 0 Å². The molecule has 0 radical (unpaired) electrons. The first-order valence-electron chi connectivity index (χ1n) is 11.8. The molecule has 2 aliphatic rings. The van der Waals surface area contributed by atoms with Gasteiger partial charge in [-0.2, -0.15) is 13.2 Å². The molecule has 2 saturated heterocycles. The summed E-state index contributed by atoms with van der Waals surface area (Å²) in [5.41, 5.74) is -0.856. The molecule has 0 spiro atoms. The van der Waals surface area contributed by atoms with E-state index >= 15 is 0 Å². The number of alkyl halides is 5. The van der Waals surface area contributed by atoms with Gasteiger partial charge in [-0.15, -0.1) is 0 Å². The number of halogens is 7. The Kier molecular flexibility index (Phi) is 7.73. The third kappa shape index (κ3) is 5.77. The quantitative estimate of drug-likeness (QED) is 0.273. The van der Waals surface area contributed by atoms with E-state index in [1.54, 1.807) is 24.0 Å². The predicted octanol–water partition coefficient (Wildman–Crippen LogP) is 6.63. The number of aryl methyl sites for hydroxylation is 1. The summed E-state index contributed by atoms with van der Waals surface area (Å²) in [7, 11) is 0. The number of amides is 1. The van der Waals surface area contributed by atoms with Crippen LogP contribution < -0.4 is 4.90 Å². The minimum Gasteiger partial charge on any atom is -0.370 e. The van der Waals surface area contributed by atoms with E-state index in [-0.39, 0.29) is 53.9 Å². The predicted molar refractivity (Wildman–Crippen MR) is 133 cm³/mol. The van der Waals surface area contributed by atoms with Gasteiger partial charge in [0.1, 0.15) is 12.0 Å². The average Bonchev–Trinajstić information content (AvgIpc) is 3.38. The van der Waals surface area contributed by atoms with Gasteiger partial charge in [-0.25, -0.2) is 13.8 Å². The van der Waals surface area contributed by atoms with Crippen LogP contribution >= 0.6 is 23.2 Å². The van der Waals surface area contributed by atoms with Gasteiger partial charge >= 0.3 is 6.18 Å². The van der Waals surface area contributed by atoms with Gasteiger partial charge in [0.2, 0.25) is 0 Å². The number of hydroxylamine groups is 2. The molecule has 2 aromatic rings. The highest BCUT2D eigenvalue weighted by Gasteiger charge is 2.59. The first-order chi connectivity index (χ1) is 17.6. The molecule has 0 bridgehead atoms.